The fourth-order valence-electron chi connectivity index (χ4n) is 2.61. The van der Waals surface area contributed by atoms with Crippen molar-refractivity contribution in [3.05, 3.63) is 58.4 Å². The Morgan fingerprint density at radius 2 is 2.07 bits per heavy atom. The van der Waals surface area contributed by atoms with E-state index in [1.165, 1.54) is 18.4 Å². The third-order valence-electron chi connectivity index (χ3n) is 3.89. The number of methoxy groups -OCH3 is 1. The van der Waals surface area contributed by atoms with Crippen molar-refractivity contribution in [2.24, 2.45) is 0 Å². The lowest BCUT2D eigenvalue weighted by Gasteiger charge is -2.09. The van der Waals surface area contributed by atoms with E-state index >= 15 is 0 Å². The second kappa shape index (κ2) is 7.57. The number of benzene rings is 2. The predicted octanol–water partition coefficient (Wildman–Crippen LogP) is 3.27. The third-order valence-corrected chi connectivity index (χ3v) is 4.65. The summed E-state index contributed by atoms with van der Waals surface area (Å²) in [6.07, 6.45) is 0. The van der Waals surface area contributed by atoms with E-state index < -0.39 is 5.76 Å². The van der Waals surface area contributed by atoms with Gasteiger partial charge in [-0.05, 0) is 30.3 Å². The lowest BCUT2D eigenvalue weighted by atomic mass is 10.1. The van der Waals surface area contributed by atoms with E-state index in [1.807, 2.05) is 11.4 Å². The van der Waals surface area contributed by atoms with Crippen LogP contribution in [0.3, 0.4) is 0 Å². The first-order valence-electron chi connectivity index (χ1n) is 8.27. The Labute approximate surface area is 162 Å². The van der Waals surface area contributed by atoms with Crippen LogP contribution in [0.25, 0.3) is 22.4 Å². The van der Waals surface area contributed by atoms with Crippen molar-refractivity contribution in [1.82, 2.24) is 9.97 Å². The van der Waals surface area contributed by atoms with Crippen LogP contribution in [0, 0.1) is 0 Å². The van der Waals surface area contributed by atoms with Crippen molar-refractivity contribution in [1.29, 1.82) is 0 Å². The molecule has 142 valence electrons. The summed E-state index contributed by atoms with van der Waals surface area (Å²) in [6.45, 7) is -0.169. The van der Waals surface area contributed by atoms with Gasteiger partial charge in [0.2, 0.25) is 0 Å². The number of nitrogens with one attached hydrogen (secondary N) is 2. The number of carbonyl (C=O) groups is 1. The normalized spacial score (nSPS) is 10.8. The number of H-pyrrole nitrogens is 1. The summed E-state index contributed by atoms with van der Waals surface area (Å²) < 4.78 is 15.7. The van der Waals surface area contributed by atoms with Crippen LogP contribution in [-0.4, -0.2) is 29.6 Å². The average molecular weight is 397 g/mol. The van der Waals surface area contributed by atoms with E-state index in [-0.39, 0.29) is 12.5 Å². The predicted molar refractivity (Wildman–Crippen MR) is 105 cm³/mol. The molecular formula is C19H15N3O5S. The van der Waals surface area contributed by atoms with Crippen LogP contribution in [0.2, 0.25) is 0 Å². The number of anilines is 1. The Hall–Kier alpha value is -3.59. The van der Waals surface area contributed by atoms with Gasteiger partial charge >= 0.3 is 5.76 Å². The van der Waals surface area contributed by atoms with Gasteiger partial charge in [-0.1, -0.05) is 12.1 Å². The Balaban J connectivity index is 1.42. The molecule has 0 fully saturated rings. The maximum absolute atomic E-state index is 12.1. The van der Waals surface area contributed by atoms with Gasteiger partial charge in [0, 0.05) is 10.9 Å². The average Bonchev–Trinajstić information content (AvgIpc) is 3.31. The van der Waals surface area contributed by atoms with E-state index in [2.05, 4.69) is 15.3 Å². The molecular weight excluding hydrogens is 382 g/mol. The molecule has 2 aromatic heterocycles. The molecule has 4 rings (SSSR count). The van der Waals surface area contributed by atoms with Gasteiger partial charge in [0.15, 0.2) is 28.8 Å². The molecule has 28 heavy (non-hydrogen) atoms. The summed E-state index contributed by atoms with van der Waals surface area (Å²) in [5.41, 5.74) is 2.54. The molecule has 0 aliphatic rings. The largest absolute Gasteiger partial charge is 0.493 e. The molecule has 8 nitrogen and oxygen atoms in total. The van der Waals surface area contributed by atoms with E-state index in [4.69, 9.17) is 13.9 Å². The van der Waals surface area contributed by atoms with Crippen LogP contribution in [-0.2, 0) is 4.79 Å². The molecule has 0 spiro atoms. The number of rotatable bonds is 6. The summed E-state index contributed by atoms with van der Waals surface area (Å²) in [5.74, 6) is 0.205. The van der Waals surface area contributed by atoms with Crippen molar-refractivity contribution in [2.45, 2.75) is 0 Å². The minimum atomic E-state index is -0.506. The Morgan fingerprint density at radius 1 is 1.25 bits per heavy atom. The fraction of sp³-hybridized carbons (Fsp3) is 0.105. The highest BCUT2D eigenvalue weighted by Crippen LogP contribution is 2.28. The highest BCUT2D eigenvalue weighted by molar-refractivity contribution is 7.14. The van der Waals surface area contributed by atoms with Crippen LogP contribution in [0.5, 0.6) is 11.5 Å². The highest BCUT2D eigenvalue weighted by atomic mass is 32.1. The van der Waals surface area contributed by atoms with Gasteiger partial charge in [0.1, 0.15) is 0 Å². The molecule has 0 aliphatic heterocycles. The zero-order valence-corrected chi connectivity index (χ0v) is 15.5. The molecule has 9 heteroatoms. The second-order valence-electron chi connectivity index (χ2n) is 5.75. The summed E-state index contributed by atoms with van der Waals surface area (Å²) in [7, 11) is 1.54. The molecule has 0 saturated heterocycles. The molecule has 2 aromatic carbocycles. The number of fused-ring (bicyclic) bond motifs is 1. The maximum atomic E-state index is 12.1. The number of nitrogens with zero attached hydrogens (tertiary/aromatic N) is 1. The minimum Gasteiger partial charge on any atom is -0.493 e. The molecule has 1 amide bonds. The molecule has 0 atom stereocenters. The van der Waals surface area contributed by atoms with Crippen LogP contribution >= 0.6 is 11.3 Å². The summed E-state index contributed by atoms with van der Waals surface area (Å²) in [5, 5.41) is 4.97. The quantitative estimate of drug-likeness (QED) is 0.517. The van der Waals surface area contributed by atoms with Gasteiger partial charge in [-0.25, -0.2) is 9.78 Å². The maximum Gasteiger partial charge on any atom is 0.417 e. The SMILES string of the molecule is COc1ccccc1OCC(=O)Nc1nc(-c2ccc3oc(=O)[nH]c3c2)cs1. The van der Waals surface area contributed by atoms with Gasteiger partial charge < -0.3 is 13.9 Å². The summed E-state index contributed by atoms with van der Waals surface area (Å²) >= 11 is 1.29. The third kappa shape index (κ3) is 3.74. The number of carbonyl (C=O) groups excluding carboxylic acids is 1. The van der Waals surface area contributed by atoms with Crippen LogP contribution in [0.15, 0.2) is 57.1 Å². The summed E-state index contributed by atoms with van der Waals surface area (Å²) in [4.78, 5) is 30.4. The van der Waals surface area contributed by atoms with Crippen LogP contribution in [0.4, 0.5) is 5.13 Å². The van der Waals surface area contributed by atoms with Gasteiger partial charge in [-0.15, -0.1) is 11.3 Å². The number of thiazole rings is 1. The molecule has 0 radical (unpaired) electrons. The zero-order valence-electron chi connectivity index (χ0n) is 14.7. The van der Waals surface area contributed by atoms with Crippen molar-refractivity contribution >= 4 is 33.5 Å². The number of hydrogen-bond donors (Lipinski definition) is 2. The molecule has 0 aliphatic carbocycles. The molecule has 4 aromatic rings. The van der Waals surface area contributed by atoms with Crippen LogP contribution in [0.1, 0.15) is 0 Å². The first-order valence-corrected chi connectivity index (χ1v) is 9.15. The Kier molecular flexibility index (Phi) is 4.81. The monoisotopic (exact) mass is 397 g/mol. The van der Waals surface area contributed by atoms with Crippen molar-refractivity contribution in [3.63, 3.8) is 0 Å². The van der Waals surface area contributed by atoms with Crippen LogP contribution < -0.4 is 20.5 Å². The molecule has 2 N–H and O–H groups in total. The molecule has 0 unspecified atom stereocenters. The minimum absolute atomic E-state index is 0.169. The molecule has 0 bridgehead atoms. The Morgan fingerprint density at radius 3 is 2.89 bits per heavy atom. The molecule has 2 heterocycles. The first-order chi connectivity index (χ1) is 13.6. The van der Waals surface area contributed by atoms with E-state index in [0.29, 0.717) is 33.4 Å². The Bertz CT molecular complexity index is 1190. The second-order valence-corrected chi connectivity index (χ2v) is 6.61. The number of ether oxygens (including phenoxy) is 2. The number of aromatic nitrogens is 2. The van der Waals surface area contributed by atoms with Gasteiger partial charge in [-0.3, -0.25) is 15.1 Å². The fourth-order valence-corrected chi connectivity index (χ4v) is 3.35. The molecule has 0 saturated carbocycles. The zero-order chi connectivity index (χ0) is 19.5. The van der Waals surface area contributed by atoms with E-state index in [0.717, 1.165) is 5.56 Å². The summed E-state index contributed by atoms with van der Waals surface area (Å²) in [6, 6.07) is 12.4. The van der Waals surface area contributed by atoms with E-state index in [1.54, 1.807) is 36.4 Å². The number of aromatic amines is 1. The van der Waals surface area contributed by atoms with Crippen molar-refractivity contribution < 1.29 is 18.7 Å². The first kappa shape index (κ1) is 17.8. The number of amides is 1. The lowest BCUT2D eigenvalue weighted by Crippen LogP contribution is -2.20. The number of hydrogen-bond acceptors (Lipinski definition) is 7. The van der Waals surface area contributed by atoms with Gasteiger partial charge in [-0.2, -0.15) is 0 Å². The number of para-hydroxylation sites is 2. The van der Waals surface area contributed by atoms with Gasteiger partial charge in [0.25, 0.3) is 5.91 Å². The van der Waals surface area contributed by atoms with Crippen molar-refractivity contribution in [3.8, 4) is 22.8 Å². The number of oxazole rings is 1. The lowest BCUT2D eigenvalue weighted by molar-refractivity contribution is -0.118. The topological polar surface area (TPSA) is 106 Å². The van der Waals surface area contributed by atoms with Gasteiger partial charge in [0.05, 0.1) is 18.3 Å². The highest BCUT2D eigenvalue weighted by Gasteiger charge is 2.11. The standard InChI is InChI=1S/C19H15N3O5S/c1-25-15-4-2-3-5-16(15)26-9-17(23)22-18-20-13(10-28-18)11-6-7-14-12(8-11)21-19(24)27-14/h2-8,10H,9H2,1H3,(H,21,24)(H,20,22,23). The smallest absolute Gasteiger partial charge is 0.417 e. The van der Waals surface area contributed by atoms with E-state index in [9.17, 15) is 9.59 Å². The van der Waals surface area contributed by atoms with Crippen molar-refractivity contribution in [2.75, 3.05) is 19.0 Å².